The van der Waals surface area contributed by atoms with Crippen molar-refractivity contribution in [2.24, 2.45) is 7.05 Å². The largest absolute Gasteiger partial charge is 0.401 e. The van der Waals surface area contributed by atoms with Crippen LogP contribution >= 0.6 is 0 Å². The van der Waals surface area contributed by atoms with Crippen molar-refractivity contribution < 1.29 is 9.21 Å². The van der Waals surface area contributed by atoms with Crippen LogP contribution in [0.15, 0.2) is 41.1 Å². The second-order valence-electron chi connectivity index (χ2n) is 3.96. The zero-order chi connectivity index (χ0) is 13.9. The van der Waals surface area contributed by atoms with E-state index in [1.807, 2.05) is 0 Å². The molecule has 0 atom stereocenters. The van der Waals surface area contributed by atoms with Gasteiger partial charge in [0.2, 0.25) is 0 Å². The lowest BCUT2D eigenvalue weighted by Crippen LogP contribution is -2.13. The highest BCUT2D eigenvalue weighted by molar-refractivity contribution is 6.01. The van der Waals surface area contributed by atoms with Crippen molar-refractivity contribution in [1.82, 2.24) is 25.0 Å². The van der Waals surface area contributed by atoms with E-state index in [4.69, 9.17) is 4.42 Å². The van der Waals surface area contributed by atoms with Crippen LogP contribution in [0.3, 0.4) is 0 Å². The Kier molecular flexibility index (Phi) is 2.96. The van der Waals surface area contributed by atoms with Crippen LogP contribution in [0.2, 0.25) is 0 Å². The van der Waals surface area contributed by atoms with Crippen molar-refractivity contribution in [3.8, 4) is 11.6 Å². The minimum atomic E-state index is -0.415. The van der Waals surface area contributed by atoms with Gasteiger partial charge in [0.15, 0.2) is 0 Å². The van der Waals surface area contributed by atoms with E-state index in [1.54, 1.807) is 42.2 Å². The molecule has 0 aliphatic rings. The van der Waals surface area contributed by atoms with Crippen molar-refractivity contribution in [2.45, 2.75) is 0 Å². The van der Waals surface area contributed by atoms with Gasteiger partial charge in [-0.3, -0.25) is 19.8 Å². The first kappa shape index (κ1) is 12.0. The van der Waals surface area contributed by atoms with Crippen LogP contribution in [-0.2, 0) is 7.05 Å². The van der Waals surface area contributed by atoms with Gasteiger partial charge >= 0.3 is 6.01 Å². The molecular weight excluding hydrogens is 260 g/mol. The third-order valence-corrected chi connectivity index (χ3v) is 2.48. The summed E-state index contributed by atoms with van der Waals surface area (Å²) in [6, 6.07) is 6.77. The molecule has 0 spiro atoms. The topological polar surface area (TPSA) is 98.7 Å². The Morgan fingerprint density at radius 2 is 2.20 bits per heavy atom. The molecule has 0 unspecified atom stereocenters. The van der Waals surface area contributed by atoms with Crippen LogP contribution in [-0.4, -0.2) is 30.9 Å². The van der Waals surface area contributed by atoms with E-state index in [1.165, 1.54) is 6.20 Å². The summed E-state index contributed by atoms with van der Waals surface area (Å²) in [5.41, 5.74) is 0.809. The molecule has 8 nitrogen and oxygen atoms in total. The Morgan fingerprint density at radius 3 is 2.90 bits per heavy atom. The zero-order valence-corrected chi connectivity index (χ0v) is 10.5. The number of hydrogen-bond donors (Lipinski definition) is 1. The first-order valence-electron chi connectivity index (χ1n) is 5.78. The van der Waals surface area contributed by atoms with E-state index < -0.39 is 5.91 Å². The molecule has 0 aliphatic heterocycles. The van der Waals surface area contributed by atoms with Crippen LogP contribution in [0.5, 0.6) is 0 Å². The summed E-state index contributed by atoms with van der Waals surface area (Å²) in [5, 5.41) is 14.2. The van der Waals surface area contributed by atoms with Gasteiger partial charge in [-0.15, -0.1) is 5.10 Å². The minimum absolute atomic E-state index is 0.00121. The standard InChI is InChI=1S/C12H10N6O2/c1-18-7-5-9(17-18)11-15-16-12(20-11)14-10(19)8-4-2-3-6-13-8/h2-7H,1H3,(H,14,16,19). The van der Waals surface area contributed by atoms with Gasteiger partial charge in [0.05, 0.1) is 0 Å². The predicted octanol–water partition coefficient (Wildman–Crippen LogP) is 1.12. The molecule has 100 valence electrons. The molecular formula is C12H10N6O2. The van der Waals surface area contributed by atoms with E-state index in [-0.39, 0.29) is 17.6 Å². The molecule has 3 rings (SSSR count). The van der Waals surface area contributed by atoms with Crippen LogP contribution < -0.4 is 5.32 Å². The molecule has 1 N–H and O–H groups in total. The fourth-order valence-corrected chi connectivity index (χ4v) is 1.56. The molecule has 3 aromatic heterocycles. The Morgan fingerprint density at radius 1 is 1.30 bits per heavy atom. The summed E-state index contributed by atoms with van der Waals surface area (Å²) < 4.78 is 6.93. The Bertz CT molecular complexity index is 733. The summed E-state index contributed by atoms with van der Waals surface area (Å²) in [7, 11) is 1.78. The monoisotopic (exact) mass is 270 g/mol. The van der Waals surface area contributed by atoms with E-state index in [0.717, 1.165) is 0 Å². The molecule has 8 heteroatoms. The van der Waals surface area contributed by atoms with Gasteiger partial charge in [0.25, 0.3) is 11.8 Å². The Labute approximate surface area is 113 Å². The highest BCUT2D eigenvalue weighted by atomic mass is 16.4. The van der Waals surface area contributed by atoms with Crippen molar-refractivity contribution in [1.29, 1.82) is 0 Å². The highest BCUT2D eigenvalue weighted by Gasteiger charge is 2.14. The lowest BCUT2D eigenvalue weighted by atomic mass is 10.3. The number of rotatable bonds is 3. The summed E-state index contributed by atoms with van der Waals surface area (Å²) in [6.07, 6.45) is 3.29. The van der Waals surface area contributed by atoms with Crippen LogP contribution in [0.25, 0.3) is 11.6 Å². The second kappa shape index (κ2) is 4.92. The third kappa shape index (κ3) is 2.39. The zero-order valence-electron chi connectivity index (χ0n) is 10.5. The molecule has 0 bridgehead atoms. The predicted molar refractivity (Wildman–Crippen MR) is 68.7 cm³/mol. The number of carbonyl (C=O) groups is 1. The quantitative estimate of drug-likeness (QED) is 0.765. The molecule has 0 fully saturated rings. The first-order valence-corrected chi connectivity index (χ1v) is 5.78. The van der Waals surface area contributed by atoms with E-state index in [0.29, 0.717) is 5.69 Å². The summed E-state index contributed by atoms with van der Waals surface area (Å²) in [6.45, 7) is 0. The molecule has 0 aliphatic carbocycles. The van der Waals surface area contributed by atoms with E-state index >= 15 is 0 Å². The number of carbonyl (C=O) groups excluding carboxylic acids is 1. The van der Waals surface area contributed by atoms with Crippen molar-refractivity contribution >= 4 is 11.9 Å². The van der Waals surface area contributed by atoms with E-state index in [9.17, 15) is 4.79 Å². The number of pyridine rings is 1. The molecule has 1 amide bonds. The third-order valence-electron chi connectivity index (χ3n) is 2.48. The molecule has 0 saturated carbocycles. The van der Waals surface area contributed by atoms with Gasteiger partial charge < -0.3 is 4.42 Å². The van der Waals surface area contributed by atoms with Crippen LogP contribution in [0.4, 0.5) is 6.01 Å². The SMILES string of the molecule is Cn1ccc(-c2nnc(NC(=O)c3ccccn3)o2)n1. The van der Waals surface area contributed by atoms with Gasteiger partial charge in [-0.05, 0) is 18.2 Å². The van der Waals surface area contributed by atoms with E-state index in [2.05, 4.69) is 25.6 Å². The summed E-state index contributed by atoms with van der Waals surface area (Å²) >= 11 is 0. The maximum Gasteiger partial charge on any atom is 0.322 e. The van der Waals surface area contributed by atoms with Gasteiger partial charge in [0, 0.05) is 19.4 Å². The van der Waals surface area contributed by atoms with Gasteiger partial charge in [0.1, 0.15) is 11.4 Å². The molecule has 3 aromatic rings. The number of hydrogen-bond acceptors (Lipinski definition) is 6. The Balaban J connectivity index is 1.76. The number of aromatic nitrogens is 5. The van der Waals surface area contributed by atoms with Crippen molar-refractivity contribution in [2.75, 3.05) is 5.32 Å². The second-order valence-corrected chi connectivity index (χ2v) is 3.96. The smallest absolute Gasteiger partial charge is 0.322 e. The fraction of sp³-hybridized carbons (Fsp3) is 0.0833. The van der Waals surface area contributed by atoms with Gasteiger partial charge in [-0.1, -0.05) is 11.2 Å². The lowest BCUT2D eigenvalue weighted by molar-refractivity contribution is 0.101. The average molecular weight is 270 g/mol. The molecule has 0 saturated heterocycles. The number of aryl methyl sites for hydroxylation is 1. The molecule has 20 heavy (non-hydrogen) atoms. The van der Waals surface area contributed by atoms with Crippen LogP contribution in [0, 0.1) is 0 Å². The first-order chi connectivity index (χ1) is 9.72. The minimum Gasteiger partial charge on any atom is -0.401 e. The maximum atomic E-state index is 11.8. The molecule has 3 heterocycles. The number of amides is 1. The molecule has 0 aromatic carbocycles. The Hall–Kier alpha value is -3.03. The van der Waals surface area contributed by atoms with Gasteiger partial charge in [-0.25, -0.2) is 0 Å². The maximum absolute atomic E-state index is 11.8. The van der Waals surface area contributed by atoms with Crippen molar-refractivity contribution in [3.63, 3.8) is 0 Å². The highest BCUT2D eigenvalue weighted by Crippen LogP contribution is 2.17. The van der Waals surface area contributed by atoms with Crippen molar-refractivity contribution in [3.05, 3.63) is 42.4 Å². The average Bonchev–Trinajstić information content (AvgIpc) is 3.09. The number of nitrogens with one attached hydrogen (secondary N) is 1. The lowest BCUT2D eigenvalue weighted by Gasteiger charge is -1.98. The normalized spacial score (nSPS) is 10.4. The summed E-state index contributed by atoms with van der Waals surface area (Å²) in [5.74, 6) is -0.177. The molecule has 0 radical (unpaired) electrons. The van der Waals surface area contributed by atoms with Gasteiger partial charge in [-0.2, -0.15) is 5.10 Å². The summed E-state index contributed by atoms with van der Waals surface area (Å²) in [4.78, 5) is 15.8. The fourth-order valence-electron chi connectivity index (χ4n) is 1.56. The number of nitrogens with zero attached hydrogens (tertiary/aromatic N) is 5. The number of anilines is 1. The van der Waals surface area contributed by atoms with Crippen LogP contribution in [0.1, 0.15) is 10.5 Å².